The molecule has 3 rings (SSSR count). The zero-order chi connectivity index (χ0) is 16.1. The van der Waals surface area contributed by atoms with Gasteiger partial charge in [0.05, 0.1) is 0 Å². The van der Waals surface area contributed by atoms with Crippen molar-refractivity contribution in [1.29, 1.82) is 0 Å². The molecule has 23 heavy (non-hydrogen) atoms. The van der Waals surface area contributed by atoms with Gasteiger partial charge in [-0.3, -0.25) is 4.79 Å². The first-order chi connectivity index (χ1) is 11.2. The van der Waals surface area contributed by atoms with Gasteiger partial charge in [-0.15, -0.1) is 0 Å². The Morgan fingerprint density at radius 2 is 1.52 bits per heavy atom. The molecule has 3 nitrogen and oxygen atoms in total. The molecule has 132 valence electrons. The summed E-state index contributed by atoms with van der Waals surface area (Å²) in [6.45, 7) is 8.28. The Morgan fingerprint density at radius 1 is 0.826 bits per heavy atom. The molecular formula is C20H36N2O. The largest absolute Gasteiger partial charge is 0.343 e. The molecule has 0 bridgehead atoms. The van der Waals surface area contributed by atoms with Gasteiger partial charge in [-0.2, -0.15) is 0 Å². The molecule has 1 aliphatic carbocycles. The lowest BCUT2D eigenvalue weighted by molar-refractivity contribution is -0.132. The van der Waals surface area contributed by atoms with Crippen LogP contribution >= 0.6 is 0 Å². The molecule has 0 unspecified atom stereocenters. The highest BCUT2D eigenvalue weighted by Gasteiger charge is 2.26. The van der Waals surface area contributed by atoms with Crippen LogP contribution in [0.2, 0.25) is 0 Å². The number of rotatable bonds is 4. The second-order valence-electron chi connectivity index (χ2n) is 8.52. The van der Waals surface area contributed by atoms with Crippen molar-refractivity contribution in [1.82, 2.24) is 9.80 Å². The summed E-state index contributed by atoms with van der Waals surface area (Å²) < 4.78 is 0. The molecule has 1 atom stereocenters. The molecule has 2 heterocycles. The normalized spacial score (nSPS) is 28.9. The standard InChI is InChI=1S/C20H36N2O/c1-17-8-12-21(13-9-17)16-19-7-4-11-22(14-10-19)20(23)15-18-5-2-3-6-18/h17-19H,2-16H2,1H3/t19-/m0/s1. The molecule has 0 aromatic carbocycles. The van der Waals surface area contributed by atoms with Gasteiger partial charge in [0.1, 0.15) is 0 Å². The Kier molecular flexibility index (Phi) is 6.38. The van der Waals surface area contributed by atoms with Gasteiger partial charge in [0.2, 0.25) is 5.91 Å². The average molecular weight is 321 g/mol. The monoisotopic (exact) mass is 320 g/mol. The SMILES string of the molecule is CC1CCN(C[C@H]2CCCN(C(=O)CC3CCCC3)CC2)CC1. The van der Waals surface area contributed by atoms with Crippen molar-refractivity contribution >= 4 is 5.91 Å². The van der Waals surface area contributed by atoms with Crippen LogP contribution in [0.25, 0.3) is 0 Å². The van der Waals surface area contributed by atoms with Gasteiger partial charge < -0.3 is 9.80 Å². The van der Waals surface area contributed by atoms with E-state index in [9.17, 15) is 4.79 Å². The van der Waals surface area contributed by atoms with E-state index in [0.717, 1.165) is 31.3 Å². The Hall–Kier alpha value is -0.570. The van der Waals surface area contributed by atoms with Crippen LogP contribution in [0, 0.1) is 17.8 Å². The summed E-state index contributed by atoms with van der Waals surface area (Å²) >= 11 is 0. The fourth-order valence-electron chi connectivity index (χ4n) is 4.80. The van der Waals surface area contributed by atoms with Crippen LogP contribution in [0.1, 0.15) is 71.1 Å². The van der Waals surface area contributed by atoms with Crippen LogP contribution in [0.3, 0.4) is 0 Å². The van der Waals surface area contributed by atoms with Gasteiger partial charge in [-0.05, 0) is 75.8 Å². The second-order valence-corrected chi connectivity index (χ2v) is 8.52. The van der Waals surface area contributed by atoms with Gasteiger partial charge in [0, 0.05) is 26.1 Å². The minimum Gasteiger partial charge on any atom is -0.343 e. The molecule has 2 aliphatic heterocycles. The zero-order valence-electron chi connectivity index (χ0n) is 15.1. The Balaban J connectivity index is 1.40. The van der Waals surface area contributed by atoms with Crippen molar-refractivity contribution in [2.24, 2.45) is 17.8 Å². The summed E-state index contributed by atoms with van der Waals surface area (Å²) in [4.78, 5) is 17.4. The van der Waals surface area contributed by atoms with E-state index in [4.69, 9.17) is 0 Å². The molecule has 0 spiro atoms. The number of carbonyl (C=O) groups excluding carboxylic acids is 1. The second kappa shape index (κ2) is 8.50. The van der Waals surface area contributed by atoms with E-state index in [2.05, 4.69) is 16.7 Å². The van der Waals surface area contributed by atoms with Crippen molar-refractivity contribution in [3.8, 4) is 0 Å². The highest BCUT2D eigenvalue weighted by atomic mass is 16.2. The van der Waals surface area contributed by atoms with E-state index in [1.165, 1.54) is 77.4 Å². The van der Waals surface area contributed by atoms with Crippen molar-refractivity contribution in [2.75, 3.05) is 32.7 Å². The number of likely N-dealkylation sites (tertiary alicyclic amines) is 2. The third-order valence-corrected chi connectivity index (χ3v) is 6.53. The third-order valence-electron chi connectivity index (χ3n) is 6.53. The van der Waals surface area contributed by atoms with E-state index < -0.39 is 0 Å². The maximum Gasteiger partial charge on any atom is 0.222 e. The topological polar surface area (TPSA) is 23.6 Å². The minimum absolute atomic E-state index is 0.448. The fourth-order valence-corrected chi connectivity index (χ4v) is 4.80. The lowest BCUT2D eigenvalue weighted by Crippen LogP contribution is -2.37. The van der Waals surface area contributed by atoms with Gasteiger partial charge >= 0.3 is 0 Å². The summed E-state index contributed by atoms with van der Waals surface area (Å²) in [5.41, 5.74) is 0. The molecule has 0 aromatic heterocycles. The third kappa shape index (κ3) is 5.20. The molecule has 3 fully saturated rings. The van der Waals surface area contributed by atoms with Gasteiger partial charge in [0.15, 0.2) is 0 Å². The van der Waals surface area contributed by atoms with Gasteiger partial charge in [0.25, 0.3) is 0 Å². The van der Waals surface area contributed by atoms with Crippen LogP contribution in [0.15, 0.2) is 0 Å². The van der Waals surface area contributed by atoms with Gasteiger partial charge in [-0.25, -0.2) is 0 Å². The number of hydrogen-bond donors (Lipinski definition) is 0. The fraction of sp³-hybridized carbons (Fsp3) is 0.950. The first-order valence-electron chi connectivity index (χ1n) is 10.2. The number of nitrogens with zero attached hydrogens (tertiary/aromatic N) is 2. The molecule has 1 amide bonds. The first kappa shape index (κ1) is 17.3. The highest BCUT2D eigenvalue weighted by molar-refractivity contribution is 5.76. The lowest BCUT2D eigenvalue weighted by atomic mass is 9.95. The molecule has 3 aliphatic rings. The van der Waals surface area contributed by atoms with Gasteiger partial charge in [-0.1, -0.05) is 19.8 Å². The van der Waals surface area contributed by atoms with Crippen LogP contribution < -0.4 is 0 Å². The maximum atomic E-state index is 12.6. The number of hydrogen-bond acceptors (Lipinski definition) is 2. The van der Waals surface area contributed by atoms with E-state index in [1.54, 1.807) is 0 Å². The molecule has 0 aromatic rings. The molecule has 3 heteroatoms. The lowest BCUT2D eigenvalue weighted by Gasteiger charge is -2.32. The predicted molar refractivity (Wildman–Crippen MR) is 95.3 cm³/mol. The molecule has 0 radical (unpaired) electrons. The predicted octanol–water partition coefficient (Wildman–Crippen LogP) is 3.93. The Bertz CT molecular complexity index is 370. The number of carbonyl (C=O) groups is 1. The first-order valence-corrected chi connectivity index (χ1v) is 10.2. The minimum atomic E-state index is 0.448. The maximum absolute atomic E-state index is 12.6. The van der Waals surface area contributed by atoms with Crippen molar-refractivity contribution in [2.45, 2.75) is 71.1 Å². The van der Waals surface area contributed by atoms with Crippen molar-refractivity contribution < 1.29 is 4.79 Å². The zero-order valence-corrected chi connectivity index (χ0v) is 15.1. The van der Waals surface area contributed by atoms with E-state index in [0.29, 0.717) is 11.8 Å². The quantitative estimate of drug-likeness (QED) is 0.783. The highest BCUT2D eigenvalue weighted by Crippen LogP contribution is 2.29. The van der Waals surface area contributed by atoms with Crippen LogP contribution in [-0.2, 0) is 4.79 Å². The summed E-state index contributed by atoms with van der Waals surface area (Å²) in [7, 11) is 0. The Morgan fingerprint density at radius 3 is 2.26 bits per heavy atom. The van der Waals surface area contributed by atoms with Crippen LogP contribution in [0.4, 0.5) is 0 Å². The average Bonchev–Trinajstić information content (AvgIpc) is 2.94. The molecule has 1 saturated carbocycles. The number of amides is 1. The summed E-state index contributed by atoms with van der Waals surface area (Å²) in [6.07, 6.45) is 12.6. The van der Waals surface area contributed by atoms with Crippen LogP contribution in [0.5, 0.6) is 0 Å². The molecule has 0 N–H and O–H groups in total. The smallest absolute Gasteiger partial charge is 0.222 e. The van der Waals surface area contributed by atoms with E-state index in [1.807, 2.05) is 0 Å². The Labute approximate surface area is 142 Å². The summed E-state index contributed by atoms with van der Waals surface area (Å²) in [5.74, 6) is 2.87. The van der Waals surface area contributed by atoms with E-state index >= 15 is 0 Å². The molecule has 2 saturated heterocycles. The van der Waals surface area contributed by atoms with Crippen LogP contribution in [-0.4, -0.2) is 48.4 Å². The number of piperidine rings is 1. The van der Waals surface area contributed by atoms with E-state index in [-0.39, 0.29) is 0 Å². The van der Waals surface area contributed by atoms with Crippen molar-refractivity contribution in [3.05, 3.63) is 0 Å². The summed E-state index contributed by atoms with van der Waals surface area (Å²) in [6, 6.07) is 0. The summed E-state index contributed by atoms with van der Waals surface area (Å²) in [5, 5.41) is 0. The van der Waals surface area contributed by atoms with Crippen molar-refractivity contribution in [3.63, 3.8) is 0 Å². The molecular weight excluding hydrogens is 284 g/mol.